The molecule has 0 fully saturated rings. The number of ether oxygens (including phenoxy) is 1. The van der Waals surface area contributed by atoms with Crippen molar-refractivity contribution in [3.63, 3.8) is 0 Å². The second-order valence-corrected chi connectivity index (χ2v) is 8.06. The molecule has 4 aromatic carbocycles. The largest absolute Gasteiger partial charge is 0.465 e. The van der Waals surface area contributed by atoms with Gasteiger partial charge >= 0.3 is 5.97 Å². The summed E-state index contributed by atoms with van der Waals surface area (Å²) in [6, 6.07) is 27.8. The molecule has 2 nitrogen and oxygen atoms in total. The Morgan fingerprint density at radius 3 is 2.32 bits per heavy atom. The van der Waals surface area contributed by atoms with Crippen LogP contribution in [-0.4, -0.2) is 13.1 Å². The average Bonchev–Trinajstić information content (AvgIpc) is 2.81. The second-order valence-electron chi connectivity index (χ2n) is 8.06. The number of fused-ring (bicyclic) bond motifs is 1. The molecule has 0 N–H and O–H groups in total. The van der Waals surface area contributed by atoms with E-state index in [1.165, 1.54) is 47.4 Å². The van der Waals surface area contributed by atoms with Crippen LogP contribution < -0.4 is 0 Å². The van der Waals surface area contributed by atoms with Gasteiger partial charge in [0.05, 0.1) is 12.7 Å². The Morgan fingerprint density at radius 2 is 1.61 bits per heavy atom. The van der Waals surface area contributed by atoms with Gasteiger partial charge in [-0.2, -0.15) is 0 Å². The normalized spacial score (nSPS) is 10.9. The maximum Gasteiger partial charge on any atom is 0.337 e. The Hall–Kier alpha value is -3.39. The zero-order valence-electron chi connectivity index (χ0n) is 18.4. The quantitative estimate of drug-likeness (QED) is 0.307. The van der Waals surface area contributed by atoms with Crippen LogP contribution >= 0.6 is 0 Å². The second kappa shape index (κ2) is 9.18. The van der Waals surface area contributed by atoms with Crippen molar-refractivity contribution < 1.29 is 9.53 Å². The van der Waals surface area contributed by atoms with Crippen LogP contribution in [0.2, 0.25) is 0 Å². The number of benzene rings is 4. The highest BCUT2D eigenvalue weighted by Crippen LogP contribution is 2.33. The fourth-order valence-electron chi connectivity index (χ4n) is 4.17. The van der Waals surface area contributed by atoms with Crippen molar-refractivity contribution in [1.82, 2.24) is 0 Å². The van der Waals surface area contributed by atoms with E-state index < -0.39 is 0 Å². The first-order valence-corrected chi connectivity index (χ1v) is 10.9. The van der Waals surface area contributed by atoms with Crippen LogP contribution in [0.5, 0.6) is 0 Å². The molecule has 2 heteroatoms. The predicted molar refractivity (Wildman–Crippen MR) is 130 cm³/mol. The summed E-state index contributed by atoms with van der Waals surface area (Å²) in [5, 5.41) is 2.46. The number of hydrogen-bond acceptors (Lipinski definition) is 2. The van der Waals surface area contributed by atoms with Gasteiger partial charge in [0.15, 0.2) is 0 Å². The third-order valence-corrected chi connectivity index (χ3v) is 5.92. The van der Waals surface area contributed by atoms with Gasteiger partial charge in [-0.05, 0) is 82.1 Å². The van der Waals surface area contributed by atoms with Crippen molar-refractivity contribution in [2.75, 3.05) is 7.11 Å². The van der Waals surface area contributed by atoms with Crippen molar-refractivity contribution >= 4 is 16.7 Å². The summed E-state index contributed by atoms with van der Waals surface area (Å²) in [6.07, 6.45) is 3.60. The van der Waals surface area contributed by atoms with E-state index in [1.54, 1.807) is 0 Å². The van der Waals surface area contributed by atoms with E-state index in [1.807, 2.05) is 25.1 Å². The smallest absolute Gasteiger partial charge is 0.337 e. The summed E-state index contributed by atoms with van der Waals surface area (Å²) in [6.45, 7) is 4.26. The molecular formula is C29H28O2. The lowest BCUT2D eigenvalue weighted by Gasteiger charge is -2.12. The number of unbranched alkanes of at least 4 members (excludes halogenated alkanes) is 1. The Labute approximate surface area is 184 Å². The lowest BCUT2D eigenvalue weighted by molar-refractivity contribution is 0.0600. The first-order valence-electron chi connectivity index (χ1n) is 10.9. The summed E-state index contributed by atoms with van der Waals surface area (Å²) in [4.78, 5) is 11.8. The first-order chi connectivity index (χ1) is 15.1. The van der Waals surface area contributed by atoms with Crippen molar-refractivity contribution in [2.45, 2.75) is 33.1 Å². The number of aryl methyl sites for hydroxylation is 2. The number of methoxy groups -OCH3 is 1. The minimum absolute atomic E-state index is 0.307. The van der Waals surface area contributed by atoms with Gasteiger partial charge in [-0.15, -0.1) is 0 Å². The molecule has 0 aromatic heterocycles. The summed E-state index contributed by atoms with van der Waals surface area (Å²) < 4.78 is 4.84. The van der Waals surface area contributed by atoms with Crippen LogP contribution in [0.15, 0.2) is 78.9 Å². The zero-order chi connectivity index (χ0) is 21.8. The molecule has 0 saturated heterocycles. The van der Waals surface area contributed by atoms with E-state index in [9.17, 15) is 4.79 Å². The van der Waals surface area contributed by atoms with E-state index in [2.05, 4.69) is 67.6 Å². The summed E-state index contributed by atoms with van der Waals surface area (Å²) >= 11 is 0. The van der Waals surface area contributed by atoms with Gasteiger partial charge < -0.3 is 4.74 Å². The molecule has 0 bridgehead atoms. The number of esters is 1. The van der Waals surface area contributed by atoms with Gasteiger partial charge in [-0.25, -0.2) is 4.79 Å². The maximum absolute atomic E-state index is 11.8. The molecule has 0 aliphatic rings. The molecule has 0 amide bonds. The molecule has 0 saturated carbocycles. The van der Waals surface area contributed by atoms with Crippen LogP contribution in [0.4, 0.5) is 0 Å². The number of carbonyl (C=O) groups is 1. The molecule has 0 heterocycles. The molecule has 0 radical (unpaired) electrons. The van der Waals surface area contributed by atoms with Gasteiger partial charge in [0.2, 0.25) is 0 Å². The topological polar surface area (TPSA) is 26.3 Å². The van der Waals surface area contributed by atoms with Crippen molar-refractivity contribution in [2.24, 2.45) is 0 Å². The van der Waals surface area contributed by atoms with Crippen molar-refractivity contribution in [3.05, 3.63) is 95.6 Å². The molecule has 31 heavy (non-hydrogen) atoms. The fourth-order valence-corrected chi connectivity index (χ4v) is 4.17. The Kier molecular flexibility index (Phi) is 6.18. The lowest BCUT2D eigenvalue weighted by atomic mass is 9.93. The maximum atomic E-state index is 11.8. The number of rotatable bonds is 6. The molecular weight excluding hydrogens is 380 g/mol. The standard InChI is InChI=1S/C29H28O2/c1-4-5-7-21-10-12-22(13-11-21)27-9-6-8-23-19-24(14-17-28(23)27)26-16-15-25(18-20(26)2)29(30)31-3/h6,8-19H,4-5,7H2,1-3H3. The van der Waals surface area contributed by atoms with Crippen LogP contribution in [0.1, 0.15) is 41.3 Å². The Balaban J connectivity index is 1.69. The summed E-state index contributed by atoms with van der Waals surface area (Å²) in [5.41, 5.74) is 7.81. The SMILES string of the molecule is CCCCc1ccc(-c2cccc3cc(-c4ccc(C(=O)OC)cc4C)ccc23)cc1. The van der Waals surface area contributed by atoms with Crippen molar-refractivity contribution in [1.29, 1.82) is 0 Å². The molecule has 0 aliphatic carbocycles. The molecule has 4 aromatic rings. The van der Waals surface area contributed by atoms with Crippen LogP contribution in [-0.2, 0) is 11.2 Å². The minimum atomic E-state index is -0.307. The zero-order valence-corrected chi connectivity index (χ0v) is 18.4. The first kappa shape index (κ1) is 20.9. The molecule has 0 spiro atoms. The Bertz CT molecular complexity index is 1220. The highest BCUT2D eigenvalue weighted by atomic mass is 16.5. The van der Waals surface area contributed by atoms with Gasteiger partial charge in [-0.3, -0.25) is 0 Å². The monoisotopic (exact) mass is 408 g/mol. The number of hydrogen-bond donors (Lipinski definition) is 0. The highest BCUT2D eigenvalue weighted by Gasteiger charge is 2.10. The van der Waals surface area contributed by atoms with E-state index in [0.29, 0.717) is 5.56 Å². The molecule has 0 unspecified atom stereocenters. The van der Waals surface area contributed by atoms with Crippen LogP contribution in [0.3, 0.4) is 0 Å². The third kappa shape index (κ3) is 4.39. The number of carbonyl (C=O) groups excluding carboxylic acids is 1. The van der Waals surface area contributed by atoms with Crippen LogP contribution in [0, 0.1) is 6.92 Å². The predicted octanol–water partition coefficient (Wildman–Crippen LogP) is 7.61. The van der Waals surface area contributed by atoms with Gasteiger partial charge in [0.25, 0.3) is 0 Å². The van der Waals surface area contributed by atoms with Crippen LogP contribution in [0.25, 0.3) is 33.0 Å². The average molecular weight is 409 g/mol. The molecule has 0 atom stereocenters. The molecule has 0 aliphatic heterocycles. The van der Waals surface area contributed by atoms with E-state index in [-0.39, 0.29) is 5.97 Å². The summed E-state index contributed by atoms with van der Waals surface area (Å²) in [7, 11) is 1.41. The minimum Gasteiger partial charge on any atom is -0.465 e. The van der Waals surface area contributed by atoms with Gasteiger partial charge in [0.1, 0.15) is 0 Å². The van der Waals surface area contributed by atoms with Gasteiger partial charge in [-0.1, -0.05) is 74.0 Å². The summed E-state index contributed by atoms with van der Waals surface area (Å²) in [5.74, 6) is -0.307. The fraction of sp³-hybridized carbons (Fsp3) is 0.207. The van der Waals surface area contributed by atoms with Crippen molar-refractivity contribution in [3.8, 4) is 22.3 Å². The molecule has 4 rings (SSSR count). The van der Waals surface area contributed by atoms with E-state index >= 15 is 0 Å². The lowest BCUT2D eigenvalue weighted by Crippen LogP contribution is -2.01. The molecule has 156 valence electrons. The Morgan fingerprint density at radius 1 is 0.839 bits per heavy atom. The third-order valence-electron chi connectivity index (χ3n) is 5.92. The van der Waals surface area contributed by atoms with Gasteiger partial charge in [0, 0.05) is 0 Å². The highest BCUT2D eigenvalue weighted by molar-refractivity contribution is 5.99. The van der Waals surface area contributed by atoms with E-state index in [0.717, 1.165) is 23.1 Å². The van der Waals surface area contributed by atoms with E-state index in [4.69, 9.17) is 4.74 Å².